The molecule has 6 nitrogen and oxygen atoms in total. The van der Waals surface area contributed by atoms with Crippen molar-refractivity contribution in [3.05, 3.63) is 94.1 Å². The molecule has 0 radical (unpaired) electrons. The maximum atomic E-state index is 13.3. The van der Waals surface area contributed by atoms with Crippen LogP contribution in [0.3, 0.4) is 0 Å². The third-order valence-electron chi connectivity index (χ3n) is 4.54. The fraction of sp³-hybridized carbons (Fsp3) is 0.0833. The predicted octanol–water partition coefficient (Wildman–Crippen LogP) is 5.26. The van der Waals surface area contributed by atoms with E-state index in [1.807, 2.05) is 0 Å². The van der Waals surface area contributed by atoms with Gasteiger partial charge in [-0.2, -0.15) is 0 Å². The van der Waals surface area contributed by atoms with E-state index in [0.29, 0.717) is 11.5 Å². The van der Waals surface area contributed by atoms with Crippen molar-refractivity contribution in [1.29, 1.82) is 0 Å². The molecule has 156 valence electrons. The number of aryl methyl sites for hydroxylation is 1. The van der Waals surface area contributed by atoms with Crippen LogP contribution < -0.4 is 19.6 Å². The Hall–Kier alpha value is -4.13. The van der Waals surface area contributed by atoms with Crippen LogP contribution in [0.4, 0.5) is 4.39 Å². The molecule has 7 heteroatoms. The first-order chi connectivity index (χ1) is 14.9. The van der Waals surface area contributed by atoms with Crippen LogP contribution >= 0.6 is 0 Å². The number of halogens is 1. The molecule has 0 aliphatic carbocycles. The third kappa shape index (κ3) is 4.25. The van der Waals surface area contributed by atoms with Crippen LogP contribution in [-0.2, 0) is 0 Å². The summed E-state index contributed by atoms with van der Waals surface area (Å²) in [6, 6.07) is 16.3. The summed E-state index contributed by atoms with van der Waals surface area (Å²) in [6.07, 6.45) is 0. The molecule has 3 aromatic carbocycles. The largest absolute Gasteiger partial charge is 0.497 e. The number of methoxy groups -OCH3 is 1. The van der Waals surface area contributed by atoms with Gasteiger partial charge >= 0.3 is 5.97 Å². The molecular formula is C24H17FO6. The standard InChI is InChI=1S/C24H17FO6/c1-14-23(30-18-8-6-17(28-2)7-9-18)22(26)20-11-10-19(13-21(20)29-14)31-24(27)15-4-3-5-16(25)12-15/h3-13H,1-2H3. The van der Waals surface area contributed by atoms with E-state index in [4.69, 9.17) is 18.6 Å². The van der Waals surface area contributed by atoms with Crippen LogP contribution in [0.5, 0.6) is 23.0 Å². The van der Waals surface area contributed by atoms with Crippen molar-refractivity contribution in [1.82, 2.24) is 0 Å². The highest BCUT2D eigenvalue weighted by atomic mass is 19.1. The van der Waals surface area contributed by atoms with E-state index >= 15 is 0 Å². The van der Waals surface area contributed by atoms with Gasteiger partial charge in [0.15, 0.2) is 0 Å². The Bertz CT molecular complexity index is 1320. The summed E-state index contributed by atoms with van der Waals surface area (Å²) in [7, 11) is 1.56. The van der Waals surface area contributed by atoms with Gasteiger partial charge in [0.1, 0.15) is 34.4 Å². The summed E-state index contributed by atoms with van der Waals surface area (Å²) in [5.41, 5.74) is -0.0623. The van der Waals surface area contributed by atoms with Gasteiger partial charge < -0.3 is 18.6 Å². The maximum Gasteiger partial charge on any atom is 0.343 e. The van der Waals surface area contributed by atoms with Crippen LogP contribution in [0.15, 0.2) is 75.9 Å². The summed E-state index contributed by atoms with van der Waals surface area (Å²) in [6.45, 7) is 1.60. The topological polar surface area (TPSA) is 75.0 Å². The first-order valence-corrected chi connectivity index (χ1v) is 9.32. The minimum Gasteiger partial charge on any atom is -0.497 e. The number of ether oxygens (including phenoxy) is 3. The van der Waals surface area contributed by atoms with Gasteiger partial charge in [-0.3, -0.25) is 4.79 Å². The van der Waals surface area contributed by atoms with E-state index in [1.54, 1.807) is 38.3 Å². The first-order valence-electron chi connectivity index (χ1n) is 9.32. The van der Waals surface area contributed by atoms with Crippen molar-refractivity contribution in [3.8, 4) is 23.0 Å². The molecule has 0 saturated heterocycles. The lowest BCUT2D eigenvalue weighted by Crippen LogP contribution is -2.10. The smallest absolute Gasteiger partial charge is 0.343 e. The van der Waals surface area contributed by atoms with E-state index < -0.39 is 11.8 Å². The Labute approximate surface area is 176 Å². The fourth-order valence-electron chi connectivity index (χ4n) is 2.99. The molecule has 0 aliphatic rings. The molecule has 0 amide bonds. The van der Waals surface area contributed by atoms with Gasteiger partial charge in [-0.05, 0) is 61.5 Å². The van der Waals surface area contributed by atoms with E-state index in [9.17, 15) is 14.0 Å². The highest BCUT2D eigenvalue weighted by molar-refractivity contribution is 5.91. The van der Waals surface area contributed by atoms with Crippen molar-refractivity contribution in [3.63, 3.8) is 0 Å². The summed E-state index contributed by atoms with van der Waals surface area (Å²) in [5, 5.41) is 0.264. The molecule has 0 saturated carbocycles. The van der Waals surface area contributed by atoms with Crippen molar-refractivity contribution in [2.75, 3.05) is 7.11 Å². The van der Waals surface area contributed by atoms with Gasteiger partial charge in [0.2, 0.25) is 11.2 Å². The molecule has 4 aromatic rings. The zero-order valence-corrected chi connectivity index (χ0v) is 16.7. The molecular weight excluding hydrogens is 403 g/mol. The van der Waals surface area contributed by atoms with Crippen molar-refractivity contribution in [2.45, 2.75) is 6.92 Å². The molecule has 1 aromatic heterocycles. The Morgan fingerprint density at radius 2 is 1.65 bits per heavy atom. The van der Waals surface area contributed by atoms with Crippen molar-refractivity contribution in [2.24, 2.45) is 0 Å². The second kappa shape index (κ2) is 8.31. The highest BCUT2D eigenvalue weighted by Crippen LogP contribution is 2.28. The monoisotopic (exact) mass is 420 g/mol. The van der Waals surface area contributed by atoms with Crippen LogP contribution in [0.25, 0.3) is 11.0 Å². The minimum absolute atomic E-state index is 0.0576. The average Bonchev–Trinajstić information content (AvgIpc) is 2.77. The third-order valence-corrected chi connectivity index (χ3v) is 4.54. The first kappa shape index (κ1) is 20.2. The molecule has 0 fully saturated rings. The number of esters is 1. The summed E-state index contributed by atoms with van der Waals surface area (Å²) in [5.74, 6) is 0.333. The number of carbonyl (C=O) groups excluding carboxylic acids is 1. The van der Waals surface area contributed by atoms with Gasteiger partial charge in [-0.15, -0.1) is 0 Å². The molecule has 0 unspecified atom stereocenters. The van der Waals surface area contributed by atoms with E-state index in [-0.39, 0.29) is 39.2 Å². The number of fused-ring (bicyclic) bond motifs is 1. The zero-order chi connectivity index (χ0) is 22.0. The van der Waals surface area contributed by atoms with Gasteiger partial charge in [0.05, 0.1) is 18.1 Å². The normalized spacial score (nSPS) is 10.7. The molecule has 1 heterocycles. The summed E-state index contributed by atoms with van der Waals surface area (Å²) >= 11 is 0. The van der Waals surface area contributed by atoms with Gasteiger partial charge in [0, 0.05) is 6.07 Å². The molecule has 0 atom stereocenters. The highest BCUT2D eigenvalue weighted by Gasteiger charge is 2.16. The minimum atomic E-state index is -0.725. The Kier molecular flexibility index (Phi) is 5.41. The number of hydrogen-bond acceptors (Lipinski definition) is 6. The second-order valence-corrected chi connectivity index (χ2v) is 6.65. The Morgan fingerprint density at radius 3 is 2.35 bits per heavy atom. The van der Waals surface area contributed by atoms with E-state index in [0.717, 1.165) is 6.07 Å². The van der Waals surface area contributed by atoms with Gasteiger partial charge in [-0.1, -0.05) is 6.07 Å². The van der Waals surface area contributed by atoms with E-state index in [1.165, 1.54) is 36.4 Å². The Morgan fingerprint density at radius 1 is 0.935 bits per heavy atom. The van der Waals surface area contributed by atoms with Crippen LogP contribution in [0.1, 0.15) is 16.1 Å². The molecule has 31 heavy (non-hydrogen) atoms. The van der Waals surface area contributed by atoms with Crippen molar-refractivity contribution < 1.29 is 27.8 Å². The lowest BCUT2D eigenvalue weighted by molar-refractivity contribution is 0.0734. The quantitative estimate of drug-likeness (QED) is 0.324. The zero-order valence-electron chi connectivity index (χ0n) is 16.7. The van der Waals surface area contributed by atoms with Gasteiger partial charge in [-0.25, -0.2) is 9.18 Å². The molecule has 0 aliphatic heterocycles. The average molecular weight is 420 g/mol. The lowest BCUT2D eigenvalue weighted by Gasteiger charge is -2.10. The summed E-state index contributed by atoms with van der Waals surface area (Å²) < 4.78 is 35.2. The SMILES string of the molecule is COc1ccc(Oc2c(C)oc3cc(OC(=O)c4cccc(F)c4)ccc3c2=O)cc1. The van der Waals surface area contributed by atoms with Crippen LogP contribution in [0.2, 0.25) is 0 Å². The predicted molar refractivity (Wildman–Crippen MR) is 112 cm³/mol. The van der Waals surface area contributed by atoms with E-state index in [2.05, 4.69) is 0 Å². The molecule has 0 bridgehead atoms. The summed E-state index contributed by atoms with van der Waals surface area (Å²) in [4.78, 5) is 25.1. The number of rotatable bonds is 5. The molecule has 4 rings (SSSR count). The van der Waals surface area contributed by atoms with Crippen LogP contribution in [0, 0.1) is 12.7 Å². The molecule has 0 N–H and O–H groups in total. The van der Waals surface area contributed by atoms with Crippen molar-refractivity contribution >= 4 is 16.9 Å². The number of benzene rings is 3. The fourth-order valence-corrected chi connectivity index (χ4v) is 2.99. The maximum absolute atomic E-state index is 13.3. The van der Waals surface area contributed by atoms with Gasteiger partial charge in [0.25, 0.3) is 0 Å². The Balaban J connectivity index is 1.62. The second-order valence-electron chi connectivity index (χ2n) is 6.65. The number of carbonyl (C=O) groups is 1. The van der Waals surface area contributed by atoms with Crippen LogP contribution in [-0.4, -0.2) is 13.1 Å². The number of hydrogen-bond donors (Lipinski definition) is 0. The molecule has 0 spiro atoms. The lowest BCUT2D eigenvalue weighted by atomic mass is 10.2.